The van der Waals surface area contributed by atoms with Gasteiger partial charge in [-0.3, -0.25) is 9.78 Å². The van der Waals surface area contributed by atoms with Gasteiger partial charge in [-0.15, -0.1) is 0 Å². The Morgan fingerprint density at radius 3 is 3.26 bits per heavy atom. The Bertz CT molecular complexity index is 397. The van der Waals surface area contributed by atoms with Gasteiger partial charge in [0.2, 0.25) is 0 Å². The lowest BCUT2D eigenvalue weighted by Crippen LogP contribution is -2.31. The maximum absolute atomic E-state index is 11.9. The Morgan fingerprint density at radius 1 is 1.63 bits per heavy atom. The van der Waals surface area contributed by atoms with Gasteiger partial charge in [0.15, 0.2) is 0 Å². The summed E-state index contributed by atoms with van der Waals surface area (Å²) >= 11 is 0. The monoisotopic (exact) mass is 263 g/mol. The first-order valence-corrected chi connectivity index (χ1v) is 6.69. The average molecular weight is 263 g/mol. The van der Waals surface area contributed by atoms with E-state index < -0.39 is 0 Å². The molecule has 1 N–H and O–H groups in total. The second-order valence-corrected chi connectivity index (χ2v) is 4.90. The van der Waals surface area contributed by atoms with Crippen molar-refractivity contribution in [3.63, 3.8) is 0 Å². The Balaban J connectivity index is 1.70. The van der Waals surface area contributed by atoms with Crippen molar-refractivity contribution >= 4 is 5.91 Å². The summed E-state index contributed by atoms with van der Waals surface area (Å²) in [4.78, 5) is 18.2. The molecule has 19 heavy (non-hydrogen) atoms. The largest absolute Gasteiger partial charge is 0.383 e. The molecule has 1 aromatic rings. The van der Waals surface area contributed by atoms with Crippen molar-refractivity contribution in [3.8, 4) is 0 Å². The van der Waals surface area contributed by atoms with Gasteiger partial charge in [-0.2, -0.15) is 0 Å². The number of carbonyl (C=O) groups excluding carboxylic acids is 1. The summed E-state index contributed by atoms with van der Waals surface area (Å²) < 4.78 is 5.08. The molecule has 5 heteroatoms. The first kappa shape index (κ1) is 14.0. The molecule has 0 saturated carbocycles. The van der Waals surface area contributed by atoms with E-state index in [0.717, 1.165) is 39.2 Å². The molecule has 1 aliphatic heterocycles. The molecule has 1 amide bonds. The number of likely N-dealkylation sites (tertiary alicyclic amines) is 1. The summed E-state index contributed by atoms with van der Waals surface area (Å²) in [6.07, 6.45) is 4.40. The number of ether oxygens (including phenoxy) is 1. The average Bonchev–Trinajstić information content (AvgIpc) is 2.91. The van der Waals surface area contributed by atoms with Gasteiger partial charge in [-0.05, 0) is 31.0 Å². The summed E-state index contributed by atoms with van der Waals surface area (Å²) in [5.74, 6) is 0.501. The number of amides is 1. The summed E-state index contributed by atoms with van der Waals surface area (Å²) in [6, 6.07) is 3.55. The van der Waals surface area contributed by atoms with Gasteiger partial charge in [-0.25, -0.2) is 0 Å². The van der Waals surface area contributed by atoms with Crippen molar-refractivity contribution in [3.05, 3.63) is 30.1 Å². The van der Waals surface area contributed by atoms with Crippen LogP contribution < -0.4 is 5.32 Å². The van der Waals surface area contributed by atoms with Crippen LogP contribution in [0.5, 0.6) is 0 Å². The number of carbonyl (C=O) groups is 1. The predicted octanol–water partition coefficient (Wildman–Crippen LogP) is 0.780. The minimum absolute atomic E-state index is 0.0385. The van der Waals surface area contributed by atoms with E-state index >= 15 is 0 Å². The van der Waals surface area contributed by atoms with Crippen LogP contribution in [0.25, 0.3) is 0 Å². The van der Waals surface area contributed by atoms with Crippen LogP contribution in [-0.4, -0.2) is 55.7 Å². The highest BCUT2D eigenvalue weighted by Crippen LogP contribution is 2.14. The van der Waals surface area contributed by atoms with Crippen molar-refractivity contribution in [2.45, 2.75) is 6.42 Å². The Hall–Kier alpha value is -1.46. The van der Waals surface area contributed by atoms with Crippen molar-refractivity contribution < 1.29 is 9.53 Å². The molecule has 2 heterocycles. The van der Waals surface area contributed by atoms with Crippen LogP contribution in [0.4, 0.5) is 0 Å². The summed E-state index contributed by atoms with van der Waals surface area (Å²) in [7, 11) is 1.72. The number of pyridine rings is 1. The quantitative estimate of drug-likeness (QED) is 0.824. The second kappa shape index (κ2) is 7.21. The number of hydrogen-bond acceptors (Lipinski definition) is 4. The molecule has 0 aliphatic carbocycles. The van der Waals surface area contributed by atoms with Crippen LogP contribution in [0.3, 0.4) is 0 Å². The first-order valence-electron chi connectivity index (χ1n) is 6.69. The smallest absolute Gasteiger partial charge is 0.252 e. The molecule has 1 aliphatic rings. The van der Waals surface area contributed by atoms with Crippen molar-refractivity contribution in [2.75, 3.05) is 39.9 Å². The Labute approximate surface area is 114 Å². The van der Waals surface area contributed by atoms with Gasteiger partial charge >= 0.3 is 0 Å². The maximum Gasteiger partial charge on any atom is 0.252 e. The predicted molar refractivity (Wildman–Crippen MR) is 73.0 cm³/mol. The highest BCUT2D eigenvalue weighted by atomic mass is 16.5. The highest BCUT2D eigenvalue weighted by Gasteiger charge is 2.22. The molecule has 1 atom stereocenters. The Kier molecular flexibility index (Phi) is 5.30. The van der Waals surface area contributed by atoms with E-state index in [2.05, 4.69) is 15.2 Å². The van der Waals surface area contributed by atoms with E-state index in [0.29, 0.717) is 11.5 Å². The van der Waals surface area contributed by atoms with Gasteiger partial charge in [0.25, 0.3) is 5.91 Å². The summed E-state index contributed by atoms with van der Waals surface area (Å²) in [6.45, 7) is 4.61. The van der Waals surface area contributed by atoms with Gasteiger partial charge < -0.3 is 15.0 Å². The van der Waals surface area contributed by atoms with Crippen LogP contribution in [-0.2, 0) is 4.74 Å². The van der Waals surface area contributed by atoms with Crippen molar-refractivity contribution in [2.24, 2.45) is 5.92 Å². The third kappa shape index (κ3) is 4.29. The summed E-state index contributed by atoms with van der Waals surface area (Å²) in [5.41, 5.74) is 0.622. The zero-order chi connectivity index (χ0) is 13.5. The van der Waals surface area contributed by atoms with E-state index in [4.69, 9.17) is 4.74 Å². The second-order valence-electron chi connectivity index (χ2n) is 4.90. The van der Waals surface area contributed by atoms with E-state index in [1.807, 2.05) is 0 Å². The van der Waals surface area contributed by atoms with Crippen molar-refractivity contribution in [1.29, 1.82) is 0 Å². The SMILES string of the molecule is COCCN1CC[C@H](CNC(=O)c2cccnc2)C1. The third-order valence-corrected chi connectivity index (χ3v) is 3.46. The van der Waals surface area contributed by atoms with E-state index in [1.165, 1.54) is 0 Å². The molecule has 1 fully saturated rings. The maximum atomic E-state index is 11.9. The lowest BCUT2D eigenvalue weighted by Gasteiger charge is -2.15. The van der Waals surface area contributed by atoms with Gasteiger partial charge in [0, 0.05) is 39.1 Å². The van der Waals surface area contributed by atoms with Crippen LogP contribution in [0.2, 0.25) is 0 Å². The fourth-order valence-corrected chi connectivity index (χ4v) is 2.34. The molecule has 1 saturated heterocycles. The zero-order valence-corrected chi connectivity index (χ0v) is 11.3. The lowest BCUT2D eigenvalue weighted by atomic mass is 10.1. The highest BCUT2D eigenvalue weighted by molar-refractivity contribution is 5.93. The summed E-state index contributed by atoms with van der Waals surface area (Å²) in [5, 5.41) is 2.98. The number of nitrogens with zero attached hydrogens (tertiary/aromatic N) is 2. The van der Waals surface area contributed by atoms with Gasteiger partial charge in [0.05, 0.1) is 12.2 Å². The molecule has 0 aromatic carbocycles. The molecule has 0 bridgehead atoms. The van der Waals surface area contributed by atoms with Crippen LogP contribution in [0.1, 0.15) is 16.8 Å². The molecule has 2 rings (SSSR count). The number of methoxy groups -OCH3 is 1. The van der Waals surface area contributed by atoms with E-state index in [9.17, 15) is 4.79 Å². The van der Waals surface area contributed by atoms with E-state index in [-0.39, 0.29) is 5.91 Å². The molecule has 104 valence electrons. The number of nitrogens with one attached hydrogen (secondary N) is 1. The topological polar surface area (TPSA) is 54.5 Å². The van der Waals surface area contributed by atoms with Gasteiger partial charge in [-0.1, -0.05) is 0 Å². The van der Waals surface area contributed by atoms with Crippen LogP contribution in [0, 0.1) is 5.92 Å². The van der Waals surface area contributed by atoms with Crippen LogP contribution >= 0.6 is 0 Å². The Morgan fingerprint density at radius 2 is 2.53 bits per heavy atom. The minimum Gasteiger partial charge on any atom is -0.383 e. The fraction of sp³-hybridized carbons (Fsp3) is 0.571. The number of hydrogen-bond donors (Lipinski definition) is 1. The molecule has 0 spiro atoms. The molecule has 0 unspecified atom stereocenters. The minimum atomic E-state index is -0.0385. The lowest BCUT2D eigenvalue weighted by molar-refractivity contribution is 0.0946. The molecule has 1 aromatic heterocycles. The molecular formula is C14H21N3O2. The molecular weight excluding hydrogens is 242 g/mol. The fourth-order valence-electron chi connectivity index (χ4n) is 2.34. The zero-order valence-electron chi connectivity index (χ0n) is 11.3. The number of rotatable bonds is 6. The standard InChI is InChI=1S/C14H21N3O2/c1-19-8-7-17-6-4-12(11-17)9-16-14(18)13-3-2-5-15-10-13/h2-3,5,10,12H,4,6-9,11H2,1H3,(H,16,18)/t12-/m1/s1. The molecule has 0 radical (unpaired) electrons. The number of aromatic nitrogens is 1. The first-order chi connectivity index (χ1) is 9.29. The van der Waals surface area contributed by atoms with Gasteiger partial charge in [0.1, 0.15) is 0 Å². The third-order valence-electron chi connectivity index (χ3n) is 3.46. The molecule has 5 nitrogen and oxygen atoms in total. The van der Waals surface area contributed by atoms with E-state index in [1.54, 1.807) is 31.6 Å². The van der Waals surface area contributed by atoms with Crippen LogP contribution in [0.15, 0.2) is 24.5 Å². The van der Waals surface area contributed by atoms with Crippen molar-refractivity contribution in [1.82, 2.24) is 15.2 Å². The normalized spacial score (nSPS) is 19.5.